The molecule has 0 heterocycles. The third-order valence-corrected chi connectivity index (χ3v) is 3.81. The van der Waals surface area contributed by atoms with Crippen LogP contribution in [0.15, 0.2) is 18.2 Å². The Balaban J connectivity index is 3.36. The predicted molar refractivity (Wildman–Crippen MR) is 95.0 cm³/mol. The predicted octanol–water partition coefficient (Wildman–Crippen LogP) is 2.72. The molecule has 26 heavy (non-hydrogen) atoms. The summed E-state index contributed by atoms with van der Waals surface area (Å²) in [4.78, 5) is 12.7. The van der Waals surface area contributed by atoms with Crippen LogP contribution in [-0.2, 0) is 25.4 Å². The lowest BCUT2D eigenvalue weighted by Gasteiger charge is -2.32. The Morgan fingerprint density at radius 2 is 1.69 bits per heavy atom. The molecule has 7 heteroatoms. The first-order chi connectivity index (χ1) is 12.5. The second kappa shape index (κ2) is 10.6. The van der Waals surface area contributed by atoms with Crippen LogP contribution in [0, 0.1) is 16.7 Å². The first kappa shape index (κ1) is 21.7. The molecule has 1 aromatic carbocycles. The third kappa shape index (κ3) is 4.87. The number of methoxy groups -OCH3 is 2. The molecule has 0 aliphatic heterocycles. The van der Waals surface area contributed by atoms with E-state index in [1.54, 1.807) is 39.0 Å². The molecule has 0 spiro atoms. The summed E-state index contributed by atoms with van der Waals surface area (Å²) in [6.07, 6.45) is -0.998. The van der Waals surface area contributed by atoms with Crippen molar-refractivity contribution in [1.82, 2.24) is 0 Å². The van der Waals surface area contributed by atoms with Crippen molar-refractivity contribution in [2.24, 2.45) is 5.41 Å². The van der Waals surface area contributed by atoms with E-state index in [2.05, 4.69) is 6.07 Å². The molecule has 0 amide bonds. The van der Waals surface area contributed by atoms with Crippen LogP contribution in [0.25, 0.3) is 0 Å². The van der Waals surface area contributed by atoms with E-state index in [-0.39, 0.29) is 13.0 Å². The minimum Gasteiger partial charge on any atom is -0.493 e. The Hall–Kier alpha value is -2.30. The van der Waals surface area contributed by atoms with E-state index in [1.165, 1.54) is 14.2 Å². The fourth-order valence-electron chi connectivity index (χ4n) is 2.60. The molecule has 0 aliphatic rings. The number of ether oxygens (including phenoxy) is 5. The van der Waals surface area contributed by atoms with E-state index >= 15 is 0 Å². The minimum absolute atomic E-state index is 0.0490. The normalized spacial score (nSPS) is 13.0. The lowest BCUT2D eigenvalue weighted by atomic mass is 9.81. The monoisotopic (exact) mass is 365 g/mol. The van der Waals surface area contributed by atoms with Crippen LogP contribution in [0.3, 0.4) is 0 Å². The van der Waals surface area contributed by atoms with Crippen LogP contribution >= 0.6 is 0 Å². The van der Waals surface area contributed by atoms with Gasteiger partial charge in [-0.25, -0.2) is 0 Å². The molecule has 1 aromatic rings. The number of benzene rings is 1. The average molecular weight is 365 g/mol. The zero-order valence-corrected chi connectivity index (χ0v) is 16.0. The summed E-state index contributed by atoms with van der Waals surface area (Å²) in [6.45, 7) is 5.97. The second-order valence-electron chi connectivity index (χ2n) is 5.41. The summed E-state index contributed by atoms with van der Waals surface area (Å²) in [7, 11) is 3.06. The Bertz CT molecular complexity index is 621. The minimum atomic E-state index is -1.64. The fraction of sp³-hybridized carbons (Fsp3) is 0.579. The summed E-state index contributed by atoms with van der Waals surface area (Å²) < 4.78 is 26.9. The largest absolute Gasteiger partial charge is 0.493 e. The van der Waals surface area contributed by atoms with Crippen molar-refractivity contribution in [1.29, 1.82) is 5.26 Å². The quantitative estimate of drug-likeness (QED) is 0.440. The van der Waals surface area contributed by atoms with Crippen molar-refractivity contribution < 1.29 is 28.5 Å². The van der Waals surface area contributed by atoms with Crippen LogP contribution < -0.4 is 9.47 Å². The highest BCUT2D eigenvalue weighted by molar-refractivity contribution is 5.81. The van der Waals surface area contributed by atoms with Gasteiger partial charge < -0.3 is 23.7 Å². The van der Waals surface area contributed by atoms with Crippen LogP contribution in [0.1, 0.15) is 26.3 Å². The van der Waals surface area contributed by atoms with Crippen molar-refractivity contribution in [2.75, 3.05) is 34.0 Å². The number of nitriles is 1. The van der Waals surface area contributed by atoms with E-state index in [9.17, 15) is 10.1 Å². The topological polar surface area (TPSA) is 87.0 Å². The van der Waals surface area contributed by atoms with E-state index in [0.717, 1.165) is 0 Å². The van der Waals surface area contributed by atoms with Gasteiger partial charge in [0.05, 0.1) is 26.9 Å². The Kier molecular flexibility index (Phi) is 8.90. The van der Waals surface area contributed by atoms with Gasteiger partial charge in [-0.2, -0.15) is 5.26 Å². The summed E-state index contributed by atoms with van der Waals surface area (Å²) in [5.74, 6) is 0.385. The molecule has 0 N–H and O–H groups in total. The molecule has 0 aliphatic carbocycles. The molecule has 144 valence electrons. The summed E-state index contributed by atoms with van der Waals surface area (Å²) in [5, 5.41) is 9.92. The molecule has 0 saturated carbocycles. The lowest BCUT2D eigenvalue weighted by molar-refractivity contribution is -0.205. The molecule has 0 fully saturated rings. The number of carbonyl (C=O) groups excluding carboxylic acids is 1. The number of rotatable bonds is 11. The second-order valence-corrected chi connectivity index (χ2v) is 5.41. The van der Waals surface area contributed by atoms with Gasteiger partial charge in [0, 0.05) is 19.6 Å². The zero-order valence-electron chi connectivity index (χ0n) is 16.0. The first-order valence-electron chi connectivity index (χ1n) is 8.55. The fourth-order valence-corrected chi connectivity index (χ4v) is 2.60. The van der Waals surface area contributed by atoms with Gasteiger partial charge >= 0.3 is 5.97 Å². The Morgan fingerprint density at radius 1 is 1.08 bits per heavy atom. The van der Waals surface area contributed by atoms with Crippen LogP contribution in [0.2, 0.25) is 0 Å². The van der Waals surface area contributed by atoms with Gasteiger partial charge in [0.25, 0.3) is 0 Å². The van der Waals surface area contributed by atoms with Crippen molar-refractivity contribution >= 4 is 5.97 Å². The molecule has 7 nitrogen and oxygen atoms in total. The van der Waals surface area contributed by atoms with E-state index < -0.39 is 17.7 Å². The van der Waals surface area contributed by atoms with Crippen LogP contribution in [0.4, 0.5) is 0 Å². The van der Waals surface area contributed by atoms with E-state index in [4.69, 9.17) is 23.7 Å². The van der Waals surface area contributed by atoms with Gasteiger partial charge in [-0.3, -0.25) is 4.79 Å². The third-order valence-electron chi connectivity index (χ3n) is 3.81. The lowest BCUT2D eigenvalue weighted by Crippen LogP contribution is -2.47. The molecule has 0 aromatic heterocycles. The van der Waals surface area contributed by atoms with Crippen molar-refractivity contribution in [3.63, 3.8) is 0 Å². The van der Waals surface area contributed by atoms with Gasteiger partial charge in [0.1, 0.15) is 0 Å². The summed E-state index contributed by atoms with van der Waals surface area (Å²) in [6, 6.07) is 7.29. The molecule has 1 atom stereocenters. The van der Waals surface area contributed by atoms with Crippen LogP contribution in [-0.4, -0.2) is 46.3 Å². The van der Waals surface area contributed by atoms with Crippen molar-refractivity contribution in [3.8, 4) is 17.6 Å². The van der Waals surface area contributed by atoms with E-state index in [1.807, 2.05) is 0 Å². The maximum Gasteiger partial charge on any atom is 0.332 e. The number of carbonyl (C=O) groups is 1. The molecule has 1 unspecified atom stereocenters. The summed E-state index contributed by atoms with van der Waals surface area (Å²) in [5.41, 5.74) is -0.941. The zero-order chi connectivity index (χ0) is 19.6. The van der Waals surface area contributed by atoms with Gasteiger partial charge in [0.15, 0.2) is 17.8 Å². The highest BCUT2D eigenvalue weighted by Gasteiger charge is 2.50. The maximum absolute atomic E-state index is 12.7. The highest BCUT2D eigenvalue weighted by Crippen LogP contribution is 2.35. The molecular formula is C19H27NO6. The molecule has 0 radical (unpaired) electrons. The highest BCUT2D eigenvalue weighted by atomic mass is 16.7. The number of nitrogens with zero attached hydrogens (tertiary/aromatic N) is 1. The number of esters is 1. The molecular weight excluding hydrogens is 338 g/mol. The first-order valence-corrected chi connectivity index (χ1v) is 8.55. The number of hydrogen-bond donors (Lipinski definition) is 0. The SMILES string of the molecule is CCOC(=O)C(C#N)(Cc1ccc(OC)c(OC)c1)C(OCC)OCC. The van der Waals surface area contributed by atoms with Gasteiger partial charge in [-0.1, -0.05) is 6.07 Å². The maximum atomic E-state index is 12.7. The van der Waals surface area contributed by atoms with Gasteiger partial charge in [-0.05, 0) is 38.5 Å². The standard InChI is InChI=1S/C19H27NO6/c1-6-24-17(21)19(13-20,18(25-7-2)26-8-3)12-14-9-10-15(22-4)16(11-14)23-5/h9-11,18H,6-8,12H2,1-5H3. The Morgan fingerprint density at radius 3 is 2.15 bits per heavy atom. The van der Waals surface area contributed by atoms with Gasteiger partial charge in [-0.15, -0.1) is 0 Å². The Labute approximate surface area is 154 Å². The summed E-state index contributed by atoms with van der Waals surface area (Å²) >= 11 is 0. The van der Waals surface area contributed by atoms with Gasteiger partial charge in [0.2, 0.25) is 5.41 Å². The average Bonchev–Trinajstić information content (AvgIpc) is 2.66. The number of hydrogen-bond acceptors (Lipinski definition) is 7. The smallest absolute Gasteiger partial charge is 0.332 e. The van der Waals surface area contributed by atoms with Crippen molar-refractivity contribution in [3.05, 3.63) is 23.8 Å². The molecule has 0 bridgehead atoms. The van der Waals surface area contributed by atoms with Crippen LogP contribution in [0.5, 0.6) is 11.5 Å². The van der Waals surface area contributed by atoms with E-state index in [0.29, 0.717) is 30.3 Å². The molecule has 1 rings (SSSR count). The van der Waals surface area contributed by atoms with Crippen molar-refractivity contribution in [2.45, 2.75) is 33.5 Å². The molecule has 0 saturated heterocycles.